The first-order valence-electron chi connectivity index (χ1n) is 6.41. The first-order valence-corrected chi connectivity index (χ1v) is 6.41. The zero-order chi connectivity index (χ0) is 12.3. The van der Waals surface area contributed by atoms with Gasteiger partial charge in [0.05, 0.1) is 11.6 Å². The molecule has 1 aromatic rings. The van der Waals surface area contributed by atoms with Gasteiger partial charge >= 0.3 is 0 Å². The van der Waals surface area contributed by atoms with Gasteiger partial charge < -0.3 is 0 Å². The van der Waals surface area contributed by atoms with Gasteiger partial charge in [0.15, 0.2) is 0 Å². The van der Waals surface area contributed by atoms with Crippen LogP contribution in [-0.2, 0) is 6.54 Å². The van der Waals surface area contributed by atoms with Gasteiger partial charge in [-0.3, -0.25) is 4.90 Å². The van der Waals surface area contributed by atoms with E-state index in [0.717, 1.165) is 23.9 Å². The van der Waals surface area contributed by atoms with Gasteiger partial charge in [-0.2, -0.15) is 5.26 Å². The van der Waals surface area contributed by atoms with Crippen molar-refractivity contribution in [1.82, 2.24) is 4.90 Å². The molecule has 1 aliphatic rings. The van der Waals surface area contributed by atoms with E-state index in [2.05, 4.69) is 30.9 Å². The van der Waals surface area contributed by atoms with Crippen LogP contribution in [0.4, 0.5) is 0 Å². The summed E-state index contributed by atoms with van der Waals surface area (Å²) in [7, 11) is 0. The topological polar surface area (TPSA) is 27.0 Å². The largest absolute Gasteiger partial charge is 0.299 e. The maximum absolute atomic E-state index is 9.06. The molecule has 0 radical (unpaired) electrons. The van der Waals surface area contributed by atoms with E-state index >= 15 is 0 Å². The van der Waals surface area contributed by atoms with Crippen LogP contribution in [0.15, 0.2) is 24.3 Å². The fourth-order valence-electron chi connectivity index (χ4n) is 2.56. The van der Waals surface area contributed by atoms with Crippen LogP contribution >= 0.6 is 0 Å². The van der Waals surface area contributed by atoms with Crippen molar-refractivity contribution < 1.29 is 0 Å². The average Bonchev–Trinajstić information content (AvgIpc) is 2.78. The smallest absolute Gasteiger partial charge is 0.0995 e. The van der Waals surface area contributed by atoms with Crippen molar-refractivity contribution in [2.75, 3.05) is 13.1 Å². The molecule has 1 aromatic carbocycles. The molecule has 0 spiro atoms. The van der Waals surface area contributed by atoms with Gasteiger partial charge in [-0.1, -0.05) is 32.0 Å². The highest BCUT2D eigenvalue weighted by molar-refractivity contribution is 5.37. The normalized spacial score (nSPS) is 20.7. The van der Waals surface area contributed by atoms with Gasteiger partial charge in [0.1, 0.15) is 0 Å². The van der Waals surface area contributed by atoms with Gasteiger partial charge in [0.25, 0.3) is 0 Å². The van der Waals surface area contributed by atoms with Crippen molar-refractivity contribution in [1.29, 1.82) is 5.26 Å². The molecule has 0 aliphatic carbocycles. The molecule has 1 fully saturated rings. The molecule has 1 saturated heterocycles. The Balaban J connectivity index is 2.01. The van der Waals surface area contributed by atoms with Gasteiger partial charge in [-0.25, -0.2) is 0 Å². The fraction of sp³-hybridized carbons (Fsp3) is 0.533. The summed E-state index contributed by atoms with van der Waals surface area (Å²) in [6, 6.07) is 10.2. The molecule has 1 atom stereocenters. The lowest BCUT2D eigenvalue weighted by Gasteiger charge is -2.18. The molecular formula is C15H20N2. The Kier molecular flexibility index (Phi) is 3.81. The summed E-state index contributed by atoms with van der Waals surface area (Å²) in [4.78, 5) is 2.47. The van der Waals surface area contributed by atoms with E-state index in [-0.39, 0.29) is 0 Å². The van der Waals surface area contributed by atoms with E-state index in [1.165, 1.54) is 25.1 Å². The molecule has 0 N–H and O–H groups in total. The molecule has 1 aliphatic heterocycles. The van der Waals surface area contributed by atoms with E-state index in [1.807, 2.05) is 18.2 Å². The van der Waals surface area contributed by atoms with Gasteiger partial charge in [0, 0.05) is 13.1 Å². The zero-order valence-electron chi connectivity index (χ0n) is 10.7. The Labute approximate surface area is 104 Å². The highest BCUT2D eigenvalue weighted by Crippen LogP contribution is 2.25. The van der Waals surface area contributed by atoms with Crippen LogP contribution in [-0.4, -0.2) is 18.0 Å². The summed E-state index contributed by atoms with van der Waals surface area (Å²) in [6.07, 6.45) is 1.30. The standard InChI is InChI=1S/C15H20N2/c1-12(2)14-7-8-17(10-14)11-15-6-4-3-5-13(15)9-16/h3-6,12,14H,7-8,10-11H2,1-2H3. The van der Waals surface area contributed by atoms with Gasteiger partial charge in [-0.15, -0.1) is 0 Å². The molecule has 2 nitrogen and oxygen atoms in total. The van der Waals surface area contributed by atoms with Crippen LogP contribution in [0.2, 0.25) is 0 Å². The first-order chi connectivity index (χ1) is 8.20. The Hall–Kier alpha value is -1.33. The van der Waals surface area contributed by atoms with Crippen molar-refractivity contribution >= 4 is 0 Å². The SMILES string of the molecule is CC(C)C1CCN(Cc2ccccc2C#N)C1. The molecule has 2 rings (SSSR count). The molecule has 1 unspecified atom stereocenters. The number of hydrogen-bond acceptors (Lipinski definition) is 2. The van der Waals surface area contributed by atoms with E-state index in [1.54, 1.807) is 0 Å². The highest BCUT2D eigenvalue weighted by atomic mass is 15.1. The first kappa shape index (κ1) is 12.1. The minimum atomic E-state index is 0.770. The summed E-state index contributed by atoms with van der Waals surface area (Å²) < 4.78 is 0. The lowest BCUT2D eigenvalue weighted by molar-refractivity contribution is 0.296. The molecule has 0 amide bonds. The maximum Gasteiger partial charge on any atom is 0.0995 e. The van der Waals surface area contributed by atoms with Crippen molar-refractivity contribution in [3.8, 4) is 6.07 Å². The Morgan fingerprint density at radius 2 is 2.18 bits per heavy atom. The molecule has 90 valence electrons. The fourth-order valence-corrected chi connectivity index (χ4v) is 2.56. The molecule has 0 saturated carbocycles. The average molecular weight is 228 g/mol. The minimum Gasteiger partial charge on any atom is -0.299 e. The Morgan fingerprint density at radius 3 is 2.82 bits per heavy atom. The van der Waals surface area contributed by atoms with Crippen LogP contribution in [0.5, 0.6) is 0 Å². The second kappa shape index (κ2) is 5.33. The lowest BCUT2D eigenvalue weighted by atomic mass is 9.95. The quantitative estimate of drug-likeness (QED) is 0.795. The molecule has 0 bridgehead atoms. The number of nitrogens with zero attached hydrogens (tertiary/aromatic N) is 2. The predicted molar refractivity (Wildman–Crippen MR) is 69.4 cm³/mol. The third-order valence-corrected chi connectivity index (χ3v) is 3.78. The Morgan fingerprint density at radius 1 is 1.41 bits per heavy atom. The summed E-state index contributed by atoms with van der Waals surface area (Å²) in [5.74, 6) is 1.59. The van der Waals surface area contributed by atoms with Crippen LogP contribution in [0.1, 0.15) is 31.4 Å². The number of benzene rings is 1. The van der Waals surface area contributed by atoms with E-state index < -0.39 is 0 Å². The van der Waals surface area contributed by atoms with Crippen molar-refractivity contribution in [2.24, 2.45) is 11.8 Å². The van der Waals surface area contributed by atoms with E-state index in [9.17, 15) is 0 Å². The van der Waals surface area contributed by atoms with E-state index in [4.69, 9.17) is 5.26 Å². The molecule has 17 heavy (non-hydrogen) atoms. The number of nitriles is 1. The number of likely N-dealkylation sites (tertiary alicyclic amines) is 1. The number of hydrogen-bond donors (Lipinski definition) is 0. The summed E-state index contributed by atoms with van der Waals surface area (Å²) >= 11 is 0. The predicted octanol–water partition coefficient (Wildman–Crippen LogP) is 3.04. The van der Waals surface area contributed by atoms with Crippen LogP contribution in [0, 0.1) is 23.2 Å². The second-order valence-corrected chi connectivity index (χ2v) is 5.30. The summed E-state index contributed by atoms with van der Waals surface area (Å²) in [5.41, 5.74) is 1.99. The van der Waals surface area contributed by atoms with E-state index in [0.29, 0.717) is 0 Å². The van der Waals surface area contributed by atoms with Crippen LogP contribution in [0.25, 0.3) is 0 Å². The number of rotatable bonds is 3. The lowest BCUT2D eigenvalue weighted by Crippen LogP contribution is -2.21. The minimum absolute atomic E-state index is 0.770. The molecule has 0 aromatic heterocycles. The van der Waals surface area contributed by atoms with Crippen molar-refractivity contribution in [3.05, 3.63) is 35.4 Å². The van der Waals surface area contributed by atoms with Crippen molar-refractivity contribution in [2.45, 2.75) is 26.8 Å². The van der Waals surface area contributed by atoms with Gasteiger partial charge in [-0.05, 0) is 36.4 Å². The monoisotopic (exact) mass is 228 g/mol. The Bertz CT molecular complexity index is 417. The zero-order valence-corrected chi connectivity index (χ0v) is 10.7. The van der Waals surface area contributed by atoms with Crippen molar-refractivity contribution in [3.63, 3.8) is 0 Å². The summed E-state index contributed by atoms with van der Waals surface area (Å²) in [5, 5.41) is 9.06. The molecular weight excluding hydrogens is 208 g/mol. The molecule has 2 heteroatoms. The van der Waals surface area contributed by atoms with Crippen LogP contribution < -0.4 is 0 Å². The third kappa shape index (κ3) is 2.87. The second-order valence-electron chi connectivity index (χ2n) is 5.30. The highest BCUT2D eigenvalue weighted by Gasteiger charge is 2.24. The summed E-state index contributed by atoms with van der Waals surface area (Å²) in [6.45, 7) is 7.88. The van der Waals surface area contributed by atoms with Gasteiger partial charge in [0.2, 0.25) is 0 Å². The maximum atomic E-state index is 9.06. The third-order valence-electron chi connectivity index (χ3n) is 3.78. The molecule has 1 heterocycles. The van der Waals surface area contributed by atoms with Crippen LogP contribution in [0.3, 0.4) is 0 Å².